The number of aromatic hydroxyl groups is 2. The van der Waals surface area contributed by atoms with E-state index in [9.17, 15) is 19.8 Å². The molecule has 6 nitrogen and oxygen atoms in total. The number of halogens is 2. The summed E-state index contributed by atoms with van der Waals surface area (Å²) in [5.41, 5.74) is 5.06. The number of rotatable bonds is 8. The topological polar surface area (TPSA) is 98.7 Å². The van der Waals surface area contributed by atoms with Crippen LogP contribution in [0.4, 0.5) is 11.4 Å². The maximum Gasteiger partial charge on any atom is 0.200 e. The molecule has 0 saturated heterocycles. The zero-order chi connectivity index (χ0) is 26.8. The largest absolute Gasteiger partial charge is 0.507 e. The highest BCUT2D eigenvalue weighted by Gasteiger charge is 2.37. The zero-order valence-corrected chi connectivity index (χ0v) is 23.4. The molecule has 0 bridgehead atoms. The molecular formula is C30H24Br2N2O4. The maximum atomic E-state index is 13.7. The minimum Gasteiger partial charge on any atom is -0.507 e. The highest BCUT2D eigenvalue weighted by molar-refractivity contribution is 9.08. The van der Waals surface area contributed by atoms with Crippen molar-refractivity contribution >= 4 is 54.8 Å². The summed E-state index contributed by atoms with van der Waals surface area (Å²) < 4.78 is 0. The number of phenols is 2. The first-order valence-corrected chi connectivity index (χ1v) is 14.2. The molecule has 4 aromatic rings. The summed E-state index contributed by atoms with van der Waals surface area (Å²) in [5, 5.41) is 29.3. The number of anilines is 2. The van der Waals surface area contributed by atoms with E-state index in [2.05, 4.69) is 42.5 Å². The normalized spacial score (nSPS) is 12.2. The van der Waals surface area contributed by atoms with Gasteiger partial charge in [-0.3, -0.25) is 9.59 Å². The van der Waals surface area contributed by atoms with E-state index >= 15 is 0 Å². The van der Waals surface area contributed by atoms with E-state index in [1.165, 1.54) is 12.1 Å². The maximum absolute atomic E-state index is 13.7. The van der Waals surface area contributed by atoms with E-state index in [4.69, 9.17) is 0 Å². The van der Waals surface area contributed by atoms with E-state index in [1.807, 2.05) is 48.5 Å². The number of hydrogen-bond donors (Lipinski definition) is 4. The molecule has 0 spiro atoms. The predicted octanol–water partition coefficient (Wildman–Crippen LogP) is 6.89. The van der Waals surface area contributed by atoms with E-state index in [1.54, 1.807) is 12.1 Å². The van der Waals surface area contributed by atoms with Crippen molar-refractivity contribution in [1.29, 1.82) is 0 Å². The van der Waals surface area contributed by atoms with Crippen molar-refractivity contribution in [3.63, 3.8) is 0 Å². The first-order valence-electron chi connectivity index (χ1n) is 12.0. The molecule has 0 heterocycles. The summed E-state index contributed by atoms with van der Waals surface area (Å²) in [7, 11) is 0. The summed E-state index contributed by atoms with van der Waals surface area (Å²) in [6.07, 6.45) is 0. The van der Waals surface area contributed by atoms with Crippen molar-refractivity contribution in [1.82, 2.24) is 0 Å². The Hall–Kier alpha value is -3.62. The molecular weight excluding hydrogens is 612 g/mol. The number of ketones is 2. The summed E-state index contributed by atoms with van der Waals surface area (Å²) in [6, 6.07) is 21.9. The van der Waals surface area contributed by atoms with Gasteiger partial charge in [-0.2, -0.15) is 0 Å². The molecule has 0 fully saturated rings. The number of carbonyl (C=O) groups is 2. The Morgan fingerprint density at radius 2 is 0.842 bits per heavy atom. The lowest BCUT2D eigenvalue weighted by Gasteiger charge is -2.24. The summed E-state index contributed by atoms with van der Waals surface area (Å²) in [4.78, 5) is 27.5. The van der Waals surface area contributed by atoms with Crippen molar-refractivity contribution in [3.05, 3.63) is 117 Å². The SMILES string of the molecule is O=C1c2c(O)ccc(NCc3ccc(CBr)cc3)c2C(=O)c2c(O)ccc(NCc3ccc(CBr)cc3)c21. The van der Waals surface area contributed by atoms with Gasteiger partial charge in [-0.1, -0.05) is 80.4 Å². The minimum atomic E-state index is -0.523. The number of carbonyl (C=O) groups excluding carboxylic acids is 2. The number of fused-ring (bicyclic) bond motifs is 2. The Morgan fingerprint density at radius 1 is 0.500 bits per heavy atom. The van der Waals surface area contributed by atoms with E-state index in [-0.39, 0.29) is 33.8 Å². The molecule has 0 radical (unpaired) electrons. The molecule has 0 saturated carbocycles. The van der Waals surface area contributed by atoms with Crippen LogP contribution in [0.1, 0.15) is 54.1 Å². The third kappa shape index (κ3) is 4.93. The molecule has 8 heteroatoms. The number of hydrogen-bond acceptors (Lipinski definition) is 6. The summed E-state index contributed by atoms with van der Waals surface area (Å²) in [5.74, 6) is -1.61. The van der Waals surface area contributed by atoms with Crippen LogP contribution in [-0.2, 0) is 23.7 Å². The van der Waals surface area contributed by atoms with Crippen LogP contribution in [0.3, 0.4) is 0 Å². The fraction of sp³-hybridized carbons (Fsp3) is 0.133. The highest BCUT2D eigenvalue weighted by atomic mass is 79.9. The molecule has 0 amide bonds. The second kappa shape index (κ2) is 11.0. The Kier molecular flexibility index (Phi) is 7.53. The van der Waals surface area contributed by atoms with Crippen LogP contribution in [0.2, 0.25) is 0 Å². The van der Waals surface area contributed by atoms with Gasteiger partial charge in [0.1, 0.15) is 11.5 Å². The molecule has 1 aliphatic rings. The predicted molar refractivity (Wildman–Crippen MR) is 156 cm³/mol. The zero-order valence-electron chi connectivity index (χ0n) is 20.2. The molecule has 5 rings (SSSR count). The lowest BCUT2D eigenvalue weighted by atomic mass is 9.81. The average molecular weight is 636 g/mol. The molecule has 4 aromatic carbocycles. The Bertz CT molecular complexity index is 1420. The molecule has 38 heavy (non-hydrogen) atoms. The van der Waals surface area contributed by atoms with Gasteiger partial charge in [0.15, 0.2) is 0 Å². The van der Waals surface area contributed by atoms with Gasteiger partial charge in [-0.25, -0.2) is 0 Å². The van der Waals surface area contributed by atoms with Crippen LogP contribution in [-0.4, -0.2) is 21.8 Å². The van der Waals surface area contributed by atoms with Gasteiger partial charge in [0.2, 0.25) is 11.6 Å². The third-order valence-electron chi connectivity index (χ3n) is 6.60. The van der Waals surface area contributed by atoms with Gasteiger partial charge < -0.3 is 20.8 Å². The lowest BCUT2D eigenvalue weighted by molar-refractivity contribution is 0.0975. The van der Waals surface area contributed by atoms with E-state index < -0.39 is 11.6 Å². The van der Waals surface area contributed by atoms with Gasteiger partial charge in [-0.15, -0.1) is 0 Å². The van der Waals surface area contributed by atoms with Gasteiger partial charge in [-0.05, 0) is 46.5 Å². The van der Waals surface area contributed by atoms with Crippen LogP contribution >= 0.6 is 31.9 Å². The number of phenolic OH excluding ortho intramolecular Hbond substituents is 2. The molecule has 192 valence electrons. The summed E-state index contributed by atoms with van der Waals surface area (Å²) in [6.45, 7) is 0.825. The third-order valence-corrected chi connectivity index (χ3v) is 7.89. The first kappa shape index (κ1) is 26.0. The Balaban J connectivity index is 1.47. The van der Waals surface area contributed by atoms with Crippen molar-refractivity contribution in [2.24, 2.45) is 0 Å². The quantitative estimate of drug-likeness (QED) is 0.110. The second-order valence-electron chi connectivity index (χ2n) is 9.03. The highest BCUT2D eigenvalue weighted by Crippen LogP contribution is 2.42. The van der Waals surface area contributed by atoms with Crippen molar-refractivity contribution < 1.29 is 19.8 Å². The fourth-order valence-corrected chi connectivity index (χ4v) is 5.29. The minimum absolute atomic E-state index is 0.0531. The molecule has 1 aliphatic carbocycles. The van der Waals surface area contributed by atoms with Crippen LogP contribution in [0.15, 0.2) is 72.8 Å². The summed E-state index contributed by atoms with van der Waals surface area (Å²) >= 11 is 6.87. The first-order chi connectivity index (χ1) is 18.4. The van der Waals surface area contributed by atoms with Crippen molar-refractivity contribution in [3.8, 4) is 11.5 Å². The molecule has 0 atom stereocenters. The molecule has 0 aliphatic heterocycles. The molecule has 0 unspecified atom stereocenters. The van der Waals surface area contributed by atoms with Crippen molar-refractivity contribution in [2.75, 3.05) is 10.6 Å². The van der Waals surface area contributed by atoms with E-state index in [0.717, 1.165) is 32.9 Å². The number of alkyl halides is 2. The fourth-order valence-electron chi connectivity index (χ4n) is 4.55. The van der Waals surface area contributed by atoms with Crippen LogP contribution in [0.5, 0.6) is 11.5 Å². The van der Waals surface area contributed by atoms with Crippen molar-refractivity contribution in [2.45, 2.75) is 23.7 Å². The Labute approximate surface area is 237 Å². The molecule has 0 aromatic heterocycles. The standard InChI is InChI=1S/C30H24Br2N2O4/c31-13-17-1-5-19(6-2-17)15-33-21-9-11-23(35)27-25(21)29(37)28-24(36)12-10-22(26(28)30(27)38)34-16-20-7-3-18(14-32)4-8-20/h1-12,33-36H,13-16H2. The van der Waals surface area contributed by atoms with Crippen LogP contribution in [0.25, 0.3) is 0 Å². The smallest absolute Gasteiger partial charge is 0.200 e. The average Bonchev–Trinajstić information content (AvgIpc) is 2.94. The second-order valence-corrected chi connectivity index (χ2v) is 10.2. The number of benzene rings is 4. The van der Waals surface area contributed by atoms with Crippen LogP contribution in [0, 0.1) is 0 Å². The lowest BCUT2D eigenvalue weighted by Crippen LogP contribution is -2.24. The van der Waals surface area contributed by atoms with Crippen LogP contribution < -0.4 is 10.6 Å². The molecule has 4 N–H and O–H groups in total. The monoisotopic (exact) mass is 634 g/mol. The van der Waals surface area contributed by atoms with E-state index in [0.29, 0.717) is 24.5 Å². The van der Waals surface area contributed by atoms with Gasteiger partial charge in [0.25, 0.3) is 0 Å². The van der Waals surface area contributed by atoms with Gasteiger partial charge in [0, 0.05) is 35.1 Å². The van der Waals surface area contributed by atoms with Gasteiger partial charge in [0.05, 0.1) is 22.3 Å². The van der Waals surface area contributed by atoms with Gasteiger partial charge >= 0.3 is 0 Å². The Morgan fingerprint density at radius 3 is 1.18 bits per heavy atom. The number of nitrogens with one attached hydrogen (secondary N) is 2.